The zero-order chi connectivity index (χ0) is 6.85. The Labute approximate surface area is 55.9 Å². The molecule has 0 aliphatic rings. The Bertz CT molecular complexity index is 197. The number of hydrogen-bond acceptors (Lipinski definition) is 6. The summed E-state index contributed by atoms with van der Waals surface area (Å²) < 4.78 is 3.64. The van der Waals surface area contributed by atoms with Crippen molar-refractivity contribution in [1.82, 2.24) is 9.36 Å². The van der Waals surface area contributed by atoms with Crippen molar-refractivity contribution in [2.45, 2.75) is 0 Å². The van der Waals surface area contributed by atoms with Gasteiger partial charge in [0.2, 0.25) is 11.1 Å². The summed E-state index contributed by atoms with van der Waals surface area (Å²) in [7, 11) is 1.46. The molecular formula is C3H6N4OS. The molecule has 1 aromatic heterocycles. The van der Waals surface area contributed by atoms with Gasteiger partial charge in [-0.05, 0) is 0 Å². The van der Waals surface area contributed by atoms with Crippen LogP contribution in [0.1, 0.15) is 0 Å². The minimum Gasteiger partial charge on any atom is -0.367 e. The van der Waals surface area contributed by atoms with Gasteiger partial charge in [0.15, 0.2) is 0 Å². The maximum absolute atomic E-state index is 8.72. The van der Waals surface area contributed by atoms with Crippen LogP contribution in [0.4, 0.5) is 11.1 Å². The molecule has 1 aromatic rings. The number of nitrogens with two attached hydrogens (primary N) is 1. The molecule has 0 bridgehead atoms. The maximum atomic E-state index is 8.72. The summed E-state index contributed by atoms with van der Waals surface area (Å²) in [4.78, 5) is 3.67. The molecule has 0 unspecified atom stereocenters. The van der Waals surface area contributed by atoms with E-state index in [2.05, 4.69) is 9.36 Å². The highest BCUT2D eigenvalue weighted by molar-refractivity contribution is 7.09. The van der Waals surface area contributed by atoms with E-state index in [-0.39, 0.29) is 5.95 Å². The number of anilines is 2. The molecule has 3 N–H and O–H groups in total. The Morgan fingerprint density at radius 2 is 2.44 bits per heavy atom. The molecule has 1 heterocycles. The summed E-state index contributed by atoms with van der Waals surface area (Å²) >= 11 is 1.05. The third-order valence-electron chi connectivity index (χ3n) is 0.708. The van der Waals surface area contributed by atoms with Crippen LogP contribution in [-0.4, -0.2) is 21.6 Å². The molecule has 0 fully saturated rings. The average Bonchev–Trinajstić information content (AvgIpc) is 2.14. The number of aromatic nitrogens is 2. The summed E-state index contributed by atoms with van der Waals surface area (Å²) in [5, 5.41) is 9.99. The van der Waals surface area contributed by atoms with Crippen molar-refractivity contribution in [2.75, 3.05) is 17.8 Å². The fraction of sp³-hybridized carbons (Fsp3) is 0.333. The first-order valence-corrected chi connectivity index (χ1v) is 2.99. The van der Waals surface area contributed by atoms with Gasteiger partial charge < -0.3 is 5.73 Å². The van der Waals surface area contributed by atoms with Crippen molar-refractivity contribution in [3.05, 3.63) is 0 Å². The fourth-order valence-electron chi connectivity index (χ4n) is 0.358. The van der Waals surface area contributed by atoms with Crippen LogP contribution >= 0.6 is 11.5 Å². The van der Waals surface area contributed by atoms with E-state index in [9.17, 15) is 0 Å². The van der Waals surface area contributed by atoms with E-state index in [4.69, 9.17) is 10.9 Å². The first-order chi connectivity index (χ1) is 4.20. The standard InChI is InChI=1S/C3H6N4OS/c1-7(8)3-5-2(4)6-9-3/h8H,1H3,(H2,4,6). The minimum absolute atomic E-state index is 0.191. The zero-order valence-corrected chi connectivity index (χ0v) is 5.59. The van der Waals surface area contributed by atoms with Crippen molar-refractivity contribution in [3.8, 4) is 0 Å². The lowest BCUT2D eigenvalue weighted by molar-refractivity contribution is 0.279. The monoisotopic (exact) mass is 146 g/mol. The third-order valence-corrected chi connectivity index (χ3v) is 1.51. The van der Waals surface area contributed by atoms with Crippen LogP contribution in [0.15, 0.2) is 0 Å². The zero-order valence-electron chi connectivity index (χ0n) is 4.77. The molecule has 0 aromatic carbocycles. The van der Waals surface area contributed by atoms with Crippen LogP contribution in [-0.2, 0) is 0 Å². The fourth-order valence-corrected chi connectivity index (χ4v) is 0.826. The van der Waals surface area contributed by atoms with Crippen molar-refractivity contribution in [2.24, 2.45) is 0 Å². The summed E-state index contributed by atoms with van der Waals surface area (Å²) in [5.74, 6) is 0.191. The van der Waals surface area contributed by atoms with E-state index >= 15 is 0 Å². The van der Waals surface area contributed by atoms with Gasteiger partial charge in [0.25, 0.3) is 0 Å². The van der Waals surface area contributed by atoms with Crippen LogP contribution in [0.5, 0.6) is 0 Å². The van der Waals surface area contributed by atoms with Gasteiger partial charge >= 0.3 is 0 Å². The second kappa shape index (κ2) is 2.16. The van der Waals surface area contributed by atoms with E-state index in [1.165, 1.54) is 7.05 Å². The van der Waals surface area contributed by atoms with Gasteiger partial charge in [-0.1, -0.05) is 0 Å². The molecule has 0 spiro atoms. The normalized spacial score (nSPS) is 9.56. The van der Waals surface area contributed by atoms with E-state index in [1.54, 1.807) is 0 Å². The molecule has 9 heavy (non-hydrogen) atoms. The van der Waals surface area contributed by atoms with Crippen LogP contribution in [0.2, 0.25) is 0 Å². The average molecular weight is 146 g/mol. The summed E-state index contributed by atoms with van der Waals surface area (Å²) in [6, 6.07) is 0. The number of hydrogen-bond donors (Lipinski definition) is 2. The lowest BCUT2D eigenvalue weighted by atomic mass is 11.0. The Balaban J connectivity index is 2.85. The van der Waals surface area contributed by atoms with Crippen molar-refractivity contribution < 1.29 is 5.21 Å². The summed E-state index contributed by atoms with van der Waals surface area (Å²) in [5.41, 5.74) is 5.17. The highest BCUT2D eigenvalue weighted by Gasteiger charge is 2.01. The van der Waals surface area contributed by atoms with Crippen LogP contribution in [0, 0.1) is 0 Å². The molecule has 0 radical (unpaired) electrons. The lowest BCUT2D eigenvalue weighted by Crippen LogP contribution is -2.09. The van der Waals surface area contributed by atoms with Crippen molar-refractivity contribution >= 4 is 22.6 Å². The molecule has 0 saturated carbocycles. The predicted octanol–water partition coefficient (Wildman–Crippen LogP) is -0.0543. The number of nitrogens with zero attached hydrogens (tertiary/aromatic N) is 3. The van der Waals surface area contributed by atoms with Gasteiger partial charge in [0.1, 0.15) is 0 Å². The van der Waals surface area contributed by atoms with Crippen LogP contribution in [0.3, 0.4) is 0 Å². The second-order valence-electron chi connectivity index (χ2n) is 1.46. The Morgan fingerprint density at radius 1 is 1.78 bits per heavy atom. The topological polar surface area (TPSA) is 75.3 Å². The van der Waals surface area contributed by atoms with Gasteiger partial charge in [-0.25, -0.2) is 5.06 Å². The minimum atomic E-state index is 0.191. The third kappa shape index (κ3) is 1.27. The van der Waals surface area contributed by atoms with E-state index in [0.717, 1.165) is 16.6 Å². The molecule has 6 heteroatoms. The lowest BCUT2D eigenvalue weighted by Gasteiger charge is -2.00. The van der Waals surface area contributed by atoms with Crippen LogP contribution in [0.25, 0.3) is 0 Å². The Hall–Kier alpha value is -0.880. The number of nitrogen functional groups attached to an aromatic ring is 1. The smallest absolute Gasteiger partial charge is 0.233 e. The van der Waals surface area contributed by atoms with Crippen molar-refractivity contribution in [1.29, 1.82) is 0 Å². The predicted molar refractivity (Wildman–Crippen MR) is 34.5 cm³/mol. The quantitative estimate of drug-likeness (QED) is 0.543. The van der Waals surface area contributed by atoms with E-state index in [1.807, 2.05) is 0 Å². The summed E-state index contributed by atoms with van der Waals surface area (Å²) in [6.07, 6.45) is 0. The SMILES string of the molecule is CN(O)c1nc(N)ns1. The molecule has 0 atom stereocenters. The Morgan fingerprint density at radius 3 is 2.67 bits per heavy atom. The summed E-state index contributed by atoms with van der Waals surface area (Å²) in [6.45, 7) is 0. The molecular weight excluding hydrogens is 140 g/mol. The van der Waals surface area contributed by atoms with Gasteiger partial charge in [-0.15, -0.1) is 0 Å². The van der Waals surface area contributed by atoms with E-state index < -0.39 is 0 Å². The van der Waals surface area contributed by atoms with Crippen molar-refractivity contribution in [3.63, 3.8) is 0 Å². The molecule has 50 valence electrons. The molecule has 0 aliphatic heterocycles. The molecule has 0 aliphatic carbocycles. The number of rotatable bonds is 1. The first kappa shape index (κ1) is 6.24. The highest BCUT2D eigenvalue weighted by atomic mass is 32.1. The maximum Gasteiger partial charge on any atom is 0.233 e. The van der Waals surface area contributed by atoms with Gasteiger partial charge in [-0.3, -0.25) is 5.21 Å². The second-order valence-corrected chi connectivity index (χ2v) is 2.19. The van der Waals surface area contributed by atoms with Gasteiger partial charge in [0.05, 0.1) is 0 Å². The Kier molecular flexibility index (Phi) is 1.50. The molecule has 0 amide bonds. The van der Waals surface area contributed by atoms with E-state index in [0.29, 0.717) is 5.13 Å². The largest absolute Gasteiger partial charge is 0.367 e. The van der Waals surface area contributed by atoms with Gasteiger partial charge in [-0.2, -0.15) is 9.36 Å². The van der Waals surface area contributed by atoms with Crippen LogP contribution < -0.4 is 10.8 Å². The van der Waals surface area contributed by atoms with Gasteiger partial charge in [0, 0.05) is 18.6 Å². The molecule has 5 nitrogen and oxygen atoms in total. The molecule has 0 saturated heterocycles. The molecule has 1 rings (SSSR count). The first-order valence-electron chi connectivity index (χ1n) is 2.22. The number of hydroxylamine groups is 1. The highest BCUT2D eigenvalue weighted by Crippen LogP contribution is 2.13.